The minimum absolute atomic E-state index is 0.250. The predicted octanol–water partition coefficient (Wildman–Crippen LogP) is 4.01. The summed E-state index contributed by atoms with van der Waals surface area (Å²) in [5, 5.41) is 9.96. The molecule has 36 heavy (non-hydrogen) atoms. The van der Waals surface area contributed by atoms with Crippen LogP contribution in [0.1, 0.15) is 28.0 Å². The molecule has 186 valence electrons. The Morgan fingerprint density at radius 2 is 1.89 bits per heavy atom. The molecular weight excluding hydrogens is 481 g/mol. The van der Waals surface area contributed by atoms with Gasteiger partial charge in [-0.05, 0) is 42.0 Å². The number of nitrogens with one attached hydrogen (secondary N) is 2. The normalized spacial score (nSPS) is 16.6. The van der Waals surface area contributed by atoms with E-state index in [-0.39, 0.29) is 18.8 Å². The molecule has 0 saturated carbocycles. The summed E-state index contributed by atoms with van der Waals surface area (Å²) in [4.78, 5) is 33.5. The maximum Gasteiger partial charge on any atom is 0.573 e. The van der Waals surface area contributed by atoms with E-state index < -0.39 is 17.8 Å². The summed E-state index contributed by atoms with van der Waals surface area (Å²) in [5.74, 6) is -0.276. The number of rotatable bonds is 4. The number of aromatic amines is 1. The zero-order chi connectivity index (χ0) is 25.8. The number of carbonyl (C=O) groups excluding carboxylic acids is 1. The largest absolute Gasteiger partial charge is 0.573 e. The molecule has 1 aliphatic rings. The van der Waals surface area contributed by atoms with Gasteiger partial charge in [-0.3, -0.25) is 14.6 Å². The number of imidazole rings is 1. The summed E-state index contributed by atoms with van der Waals surface area (Å²) in [6.07, 6.45) is -1.41. The van der Waals surface area contributed by atoms with E-state index in [9.17, 15) is 18.0 Å². The molecule has 0 aliphatic carbocycles. The standard InChI is InChI=1S/C23H17F3N4O3.CH2O2/c24-23(25,26)33-15-8-6-14(7-9-15)22(10-12-32-18-5-2-11-27-20(18)22)30-21(31)16-3-1-4-17-19(16)29-13-28-17;2-1-3/h1-9,11,13H,10,12H2,(H,28,29)(H,30,31);1H,(H,2,3). The first-order chi connectivity index (χ1) is 17.3. The van der Waals surface area contributed by atoms with E-state index in [2.05, 4.69) is 25.0 Å². The number of halogens is 3. The van der Waals surface area contributed by atoms with Crippen LogP contribution in [0, 0.1) is 0 Å². The first kappa shape index (κ1) is 24.5. The summed E-state index contributed by atoms with van der Waals surface area (Å²) < 4.78 is 47.6. The van der Waals surface area contributed by atoms with Crippen molar-refractivity contribution in [2.45, 2.75) is 18.3 Å². The highest BCUT2D eigenvalue weighted by molar-refractivity contribution is 6.05. The smallest absolute Gasteiger partial charge is 0.491 e. The first-order valence-corrected chi connectivity index (χ1v) is 10.5. The fraction of sp³-hybridized carbons (Fsp3) is 0.167. The number of pyridine rings is 1. The molecule has 3 heterocycles. The first-order valence-electron chi connectivity index (χ1n) is 10.5. The second-order valence-electron chi connectivity index (χ2n) is 7.59. The van der Waals surface area contributed by atoms with Gasteiger partial charge in [0, 0.05) is 12.6 Å². The maximum absolute atomic E-state index is 13.5. The number of carbonyl (C=O) groups is 2. The second-order valence-corrected chi connectivity index (χ2v) is 7.59. The highest BCUT2D eigenvalue weighted by Crippen LogP contribution is 2.41. The zero-order valence-electron chi connectivity index (χ0n) is 18.5. The molecule has 4 aromatic rings. The van der Waals surface area contributed by atoms with Gasteiger partial charge >= 0.3 is 6.36 Å². The number of nitrogens with zero attached hydrogens (tertiary/aromatic N) is 2. The Kier molecular flexibility index (Phi) is 6.77. The van der Waals surface area contributed by atoms with Crippen LogP contribution in [0.4, 0.5) is 13.2 Å². The number of para-hydroxylation sites is 1. The van der Waals surface area contributed by atoms with Gasteiger partial charge in [-0.1, -0.05) is 18.2 Å². The van der Waals surface area contributed by atoms with Crippen molar-refractivity contribution < 1.29 is 37.3 Å². The van der Waals surface area contributed by atoms with E-state index in [0.717, 1.165) is 0 Å². The van der Waals surface area contributed by atoms with Crippen molar-refractivity contribution in [2.24, 2.45) is 0 Å². The number of amides is 1. The van der Waals surface area contributed by atoms with Crippen LogP contribution in [0.2, 0.25) is 0 Å². The molecule has 2 aromatic carbocycles. The number of fused-ring (bicyclic) bond motifs is 2. The molecule has 0 radical (unpaired) electrons. The third kappa shape index (κ3) is 4.92. The Morgan fingerprint density at radius 1 is 1.14 bits per heavy atom. The molecule has 1 aliphatic heterocycles. The van der Waals surface area contributed by atoms with Gasteiger partial charge in [0.15, 0.2) is 0 Å². The van der Waals surface area contributed by atoms with Gasteiger partial charge in [0.05, 0.1) is 24.0 Å². The van der Waals surface area contributed by atoms with Crippen LogP contribution in [-0.4, -0.2) is 45.4 Å². The Hall–Kier alpha value is -4.61. The Balaban J connectivity index is 0.000000967. The number of ether oxygens (including phenoxy) is 2. The lowest BCUT2D eigenvalue weighted by molar-refractivity contribution is -0.274. The number of aromatic nitrogens is 3. The number of hydrogen-bond donors (Lipinski definition) is 3. The van der Waals surface area contributed by atoms with E-state index in [0.29, 0.717) is 40.0 Å². The van der Waals surface area contributed by atoms with Crippen LogP contribution in [-0.2, 0) is 10.3 Å². The molecule has 0 bridgehead atoms. The Bertz CT molecular complexity index is 1370. The predicted molar refractivity (Wildman–Crippen MR) is 121 cm³/mol. The van der Waals surface area contributed by atoms with Crippen LogP contribution in [0.5, 0.6) is 11.5 Å². The molecule has 1 atom stereocenters. The summed E-state index contributed by atoms with van der Waals surface area (Å²) in [7, 11) is 0. The number of alkyl halides is 3. The molecule has 12 heteroatoms. The molecule has 3 N–H and O–H groups in total. The monoisotopic (exact) mass is 500 g/mol. The van der Waals surface area contributed by atoms with Crippen molar-refractivity contribution in [1.29, 1.82) is 0 Å². The molecule has 9 nitrogen and oxygen atoms in total. The highest BCUT2D eigenvalue weighted by Gasteiger charge is 2.43. The van der Waals surface area contributed by atoms with Crippen molar-refractivity contribution >= 4 is 23.4 Å². The van der Waals surface area contributed by atoms with Crippen LogP contribution in [0.25, 0.3) is 11.0 Å². The summed E-state index contributed by atoms with van der Waals surface area (Å²) >= 11 is 0. The van der Waals surface area contributed by atoms with E-state index in [1.54, 1.807) is 36.5 Å². The third-order valence-corrected chi connectivity index (χ3v) is 5.51. The average molecular weight is 500 g/mol. The van der Waals surface area contributed by atoms with Crippen molar-refractivity contribution in [3.8, 4) is 11.5 Å². The van der Waals surface area contributed by atoms with Crippen LogP contribution >= 0.6 is 0 Å². The van der Waals surface area contributed by atoms with E-state index in [4.69, 9.17) is 14.6 Å². The molecule has 2 aromatic heterocycles. The minimum atomic E-state index is -4.80. The second kappa shape index (κ2) is 9.94. The van der Waals surface area contributed by atoms with Crippen molar-refractivity contribution in [1.82, 2.24) is 20.3 Å². The van der Waals surface area contributed by atoms with Gasteiger partial charge in [0.1, 0.15) is 28.2 Å². The number of benzene rings is 2. The lowest BCUT2D eigenvalue weighted by Gasteiger charge is -2.39. The lowest BCUT2D eigenvalue weighted by Crippen LogP contribution is -2.50. The molecule has 0 spiro atoms. The average Bonchev–Trinajstić information content (AvgIpc) is 3.33. The van der Waals surface area contributed by atoms with Crippen molar-refractivity contribution in [3.05, 3.63) is 83.9 Å². The van der Waals surface area contributed by atoms with Gasteiger partial charge < -0.3 is 24.9 Å². The molecule has 1 amide bonds. The lowest BCUT2D eigenvalue weighted by atomic mass is 9.81. The molecule has 1 unspecified atom stereocenters. The fourth-order valence-corrected chi connectivity index (χ4v) is 4.09. The SMILES string of the molecule is O=C(NC1(c2ccc(OC(F)(F)F)cc2)CCOc2cccnc21)c1cccc2[nH]cnc12.O=CO. The Morgan fingerprint density at radius 3 is 2.61 bits per heavy atom. The van der Waals surface area contributed by atoms with Gasteiger partial charge in [0.2, 0.25) is 0 Å². The summed E-state index contributed by atoms with van der Waals surface area (Å²) in [5.41, 5.74) is 1.43. The van der Waals surface area contributed by atoms with Crippen LogP contribution < -0.4 is 14.8 Å². The number of hydrogen-bond acceptors (Lipinski definition) is 6. The summed E-state index contributed by atoms with van der Waals surface area (Å²) in [6.45, 7) is 0.0202. The molecule has 0 fully saturated rings. The molecule has 5 rings (SSSR count). The number of carboxylic acid groups (broad SMARTS) is 1. The van der Waals surface area contributed by atoms with E-state index in [1.165, 1.54) is 30.6 Å². The topological polar surface area (TPSA) is 126 Å². The minimum Gasteiger partial charge on any atom is -0.491 e. The van der Waals surface area contributed by atoms with Gasteiger partial charge in [-0.2, -0.15) is 0 Å². The van der Waals surface area contributed by atoms with Gasteiger partial charge in [-0.25, -0.2) is 4.98 Å². The molecule has 0 saturated heterocycles. The Labute approximate surface area is 201 Å². The van der Waals surface area contributed by atoms with Crippen LogP contribution in [0.3, 0.4) is 0 Å². The summed E-state index contributed by atoms with van der Waals surface area (Å²) in [6, 6.07) is 14.0. The quantitative estimate of drug-likeness (QED) is 0.362. The van der Waals surface area contributed by atoms with E-state index >= 15 is 0 Å². The maximum atomic E-state index is 13.5. The highest BCUT2D eigenvalue weighted by atomic mass is 19.4. The van der Waals surface area contributed by atoms with E-state index in [1.807, 2.05) is 0 Å². The fourth-order valence-electron chi connectivity index (χ4n) is 4.09. The molecular formula is C24H19F3N4O5. The van der Waals surface area contributed by atoms with Gasteiger partial charge in [0.25, 0.3) is 12.4 Å². The zero-order valence-corrected chi connectivity index (χ0v) is 18.5. The van der Waals surface area contributed by atoms with Gasteiger partial charge in [-0.15, -0.1) is 13.2 Å². The third-order valence-electron chi connectivity index (χ3n) is 5.51. The number of H-pyrrole nitrogens is 1. The van der Waals surface area contributed by atoms with Crippen molar-refractivity contribution in [2.75, 3.05) is 6.61 Å². The van der Waals surface area contributed by atoms with Crippen LogP contribution in [0.15, 0.2) is 67.1 Å². The van der Waals surface area contributed by atoms with Crippen molar-refractivity contribution in [3.63, 3.8) is 0 Å².